The maximum absolute atomic E-state index is 10.5. The summed E-state index contributed by atoms with van der Waals surface area (Å²) < 4.78 is 5.29. The third kappa shape index (κ3) is 2.94. The Morgan fingerprint density at radius 3 is 2.07 bits per heavy atom. The molecule has 1 saturated carbocycles. The van der Waals surface area contributed by atoms with E-state index >= 15 is 0 Å². The standard InChI is InChI=1S/C13H26O2/c1-9-6-10(2)8-12(7-9)13(4,14)11(3)15-5/h9-12,14H,6-8H2,1-5H3. The summed E-state index contributed by atoms with van der Waals surface area (Å²) in [5.74, 6) is 1.84. The molecule has 0 aromatic carbocycles. The third-order valence-corrected chi connectivity index (χ3v) is 4.18. The Morgan fingerprint density at radius 1 is 1.20 bits per heavy atom. The molecule has 1 N–H and O–H groups in total. The first-order valence-corrected chi connectivity index (χ1v) is 6.13. The minimum atomic E-state index is -0.683. The second-order valence-corrected chi connectivity index (χ2v) is 5.72. The van der Waals surface area contributed by atoms with E-state index in [0.717, 1.165) is 24.7 Å². The van der Waals surface area contributed by atoms with Crippen LogP contribution in [0.3, 0.4) is 0 Å². The molecule has 0 heterocycles. The molecule has 0 aliphatic heterocycles. The van der Waals surface area contributed by atoms with Crippen molar-refractivity contribution >= 4 is 0 Å². The fourth-order valence-corrected chi connectivity index (χ4v) is 2.99. The van der Waals surface area contributed by atoms with Crippen LogP contribution in [-0.4, -0.2) is 23.9 Å². The minimum absolute atomic E-state index is 0.0833. The van der Waals surface area contributed by atoms with Gasteiger partial charge in [-0.05, 0) is 50.9 Å². The monoisotopic (exact) mass is 214 g/mol. The van der Waals surface area contributed by atoms with E-state index in [9.17, 15) is 5.11 Å². The van der Waals surface area contributed by atoms with Crippen LogP contribution in [0.15, 0.2) is 0 Å². The van der Waals surface area contributed by atoms with E-state index in [4.69, 9.17) is 4.74 Å². The summed E-state index contributed by atoms with van der Waals surface area (Å²) in [4.78, 5) is 0. The SMILES string of the molecule is COC(C)C(C)(O)C1CC(C)CC(C)C1. The predicted molar refractivity (Wildman–Crippen MR) is 62.8 cm³/mol. The molecule has 1 aliphatic rings. The number of methoxy groups -OCH3 is 1. The number of hydrogen-bond donors (Lipinski definition) is 1. The fourth-order valence-electron chi connectivity index (χ4n) is 2.99. The molecule has 2 heteroatoms. The molecule has 2 nitrogen and oxygen atoms in total. The van der Waals surface area contributed by atoms with Crippen LogP contribution in [0.5, 0.6) is 0 Å². The van der Waals surface area contributed by atoms with Crippen LogP contribution < -0.4 is 0 Å². The summed E-state index contributed by atoms with van der Waals surface area (Å²) in [5.41, 5.74) is -0.683. The Morgan fingerprint density at radius 2 is 1.67 bits per heavy atom. The first-order valence-electron chi connectivity index (χ1n) is 6.13. The van der Waals surface area contributed by atoms with Crippen molar-refractivity contribution < 1.29 is 9.84 Å². The summed E-state index contributed by atoms with van der Waals surface area (Å²) in [6, 6.07) is 0. The molecular formula is C13H26O2. The molecule has 0 saturated heterocycles. The molecule has 0 spiro atoms. The molecule has 90 valence electrons. The highest BCUT2D eigenvalue weighted by atomic mass is 16.5. The Kier molecular flexibility index (Phi) is 4.19. The van der Waals surface area contributed by atoms with Crippen molar-refractivity contribution in [2.75, 3.05) is 7.11 Å². The van der Waals surface area contributed by atoms with Gasteiger partial charge in [-0.3, -0.25) is 0 Å². The number of aliphatic hydroxyl groups is 1. The first-order chi connectivity index (χ1) is 6.87. The molecule has 0 aromatic heterocycles. The predicted octanol–water partition coefficient (Wildman–Crippen LogP) is 2.84. The molecule has 4 atom stereocenters. The quantitative estimate of drug-likeness (QED) is 0.783. The average Bonchev–Trinajstić information content (AvgIpc) is 2.15. The van der Waals surface area contributed by atoms with E-state index in [-0.39, 0.29) is 6.10 Å². The number of rotatable bonds is 3. The van der Waals surface area contributed by atoms with Gasteiger partial charge in [0.05, 0.1) is 11.7 Å². The Balaban J connectivity index is 2.69. The number of hydrogen-bond acceptors (Lipinski definition) is 2. The third-order valence-electron chi connectivity index (χ3n) is 4.18. The maximum Gasteiger partial charge on any atom is 0.0905 e. The van der Waals surface area contributed by atoms with Crippen molar-refractivity contribution in [1.29, 1.82) is 0 Å². The lowest BCUT2D eigenvalue weighted by molar-refractivity contribution is -0.123. The maximum atomic E-state index is 10.5. The van der Waals surface area contributed by atoms with Crippen LogP contribution in [0.25, 0.3) is 0 Å². The zero-order valence-corrected chi connectivity index (χ0v) is 10.8. The molecule has 4 unspecified atom stereocenters. The van der Waals surface area contributed by atoms with E-state index in [0.29, 0.717) is 5.92 Å². The van der Waals surface area contributed by atoms with Gasteiger partial charge in [0.2, 0.25) is 0 Å². The van der Waals surface area contributed by atoms with E-state index in [1.165, 1.54) is 6.42 Å². The van der Waals surface area contributed by atoms with Gasteiger partial charge in [0, 0.05) is 7.11 Å². The lowest BCUT2D eigenvalue weighted by Gasteiger charge is -2.42. The second-order valence-electron chi connectivity index (χ2n) is 5.72. The van der Waals surface area contributed by atoms with E-state index < -0.39 is 5.60 Å². The molecule has 1 fully saturated rings. The van der Waals surface area contributed by atoms with Gasteiger partial charge >= 0.3 is 0 Å². The lowest BCUT2D eigenvalue weighted by Crippen LogP contribution is -2.48. The van der Waals surface area contributed by atoms with Gasteiger partial charge < -0.3 is 9.84 Å². The fraction of sp³-hybridized carbons (Fsp3) is 1.00. The van der Waals surface area contributed by atoms with Gasteiger partial charge in [-0.15, -0.1) is 0 Å². The van der Waals surface area contributed by atoms with Crippen molar-refractivity contribution in [3.8, 4) is 0 Å². The summed E-state index contributed by atoms with van der Waals surface area (Å²) in [5, 5.41) is 10.5. The summed E-state index contributed by atoms with van der Waals surface area (Å²) in [6.45, 7) is 8.47. The topological polar surface area (TPSA) is 29.5 Å². The highest BCUT2D eigenvalue weighted by Gasteiger charge is 2.40. The lowest BCUT2D eigenvalue weighted by atomic mass is 9.68. The van der Waals surface area contributed by atoms with Gasteiger partial charge in [-0.25, -0.2) is 0 Å². The van der Waals surface area contributed by atoms with Gasteiger partial charge in [0.15, 0.2) is 0 Å². The van der Waals surface area contributed by atoms with Crippen molar-refractivity contribution in [2.45, 2.75) is 58.7 Å². The number of ether oxygens (including phenoxy) is 1. The van der Waals surface area contributed by atoms with Gasteiger partial charge in [0.25, 0.3) is 0 Å². The Hall–Kier alpha value is -0.0800. The zero-order chi connectivity index (χ0) is 11.6. The van der Waals surface area contributed by atoms with Gasteiger partial charge in [-0.1, -0.05) is 13.8 Å². The molecule has 0 amide bonds. The summed E-state index contributed by atoms with van der Waals surface area (Å²) in [6.07, 6.45) is 3.48. The molecule has 0 radical (unpaired) electrons. The Bertz CT molecular complexity index is 191. The zero-order valence-electron chi connectivity index (χ0n) is 10.8. The highest BCUT2D eigenvalue weighted by Crippen LogP contribution is 2.40. The van der Waals surface area contributed by atoms with E-state index in [1.54, 1.807) is 7.11 Å². The normalized spacial score (nSPS) is 38.4. The molecule has 0 bridgehead atoms. The molecule has 0 aromatic rings. The van der Waals surface area contributed by atoms with Crippen molar-refractivity contribution in [1.82, 2.24) is 0 Å². The highest BCUT2D eigenvalue weighted by molar-refractivity contribution is 4.91. The molecule has 1 rings (SSSR count). The van der Waals surface area contributed by atoms with Gasteiger partial charge in [-0.2, -0.15) is 0 Å². The van der Waals surface area contributed by atoms with Crippen LogP contribution in [0.2, 0.25) is 0 Å². The molecule has 1 aliphatic carbocycles. The van der Waals surface area contributed by atoms with Crippen LogP contribution in [0.4, 0.5) is 0 Å². The summed E-state index contributed by atoms with van der Waals surface area (Å²) >= 11 is 0. The first kappa shape index (κ1) is 13.0. The molecular weight excluding hydrogens is 188 g/mol. The van der Waals surface area contributed by atoms with Crippen molar-refractivity contribution in [3.05, 3.63) is 0 Å². The van der Waals surface area contributed by atoms with Crippen molar-refractivity contribution in [2.24, 2.45) is 17.8 Å². The molecule has 15 heavy (non-hydrogen) atoms. The van der Waals surface area contributed by atoms with Crippen LogP contribution in [0.1, 0.15) is 47.0 Å². The van der Waals surface area contributed by atoms with E-state index in [1.807, 2.05) is 13.8 Å². The largest absolute Gasteiger partial charge is 0.387 e. The van der Waals surface area contributed by atoms with Crippen molar-refractivity contribution in [3.63, 3.8) is 0 Å². The van der Waals surface area contributed by atoms with Crippen LogP contribution in [0, 0.1) is 17.8 Å². The average molecular weight is 214 g/mol. The van der Waals surface area contributed by atoms with Gasteiger partial charge in [0.1, 0.15) is 0 Å². The summed E-state index contributed by atoms with van der Waals surface area (Å²) in [7, 11) is 1.68. The van der Waals surface area contributed by atoms with Crippen LogP contribution >= 0.6 is 0 Å². The van der Waals surface area contributed by atoms with Crippen LogP contribution in [-0.2, 0) is 4.74 Å². The second kappa shape index (κ2) is 4.84. The van der Waals surface area contributed by atoms with E-state index in [2.05, 4.69) is 13.8 Å². The Labute approximate surface area is 94.0 Å². The minimum Gasteiger partial charge on any atom is -0.387 e. The smallest absolute Gasteiger partial charge is 0.0905 e.